The summed E-state index contributed by atoms with van der Waals surface area (Å²) in [6.45, 7) is -1.08. The molecule has 4 aromatic rings. The number of fused-ring (bicyclic) bond motifs is 2. The maximum atomic E-state index is 13.8. The Morgan fingerprint density at radius 1 is 0.567 bits per heavy atom. The van der Waals surface area contributed by atoms with Crippen molar-refractivity contribution >= 4 is 35.5 Å². The summed E-state index contributed by atoms with van der Waals surface area (Å²) in [5.41, 5.74) is -1.38. The van der Waals surface area contributed by atoms with E-state index in [2.05, 4.69) is 9.98 Å². The number of aliphatic imine (C=N–C) groups is 2. The molecule has 0 bridgehead atoms. The van der Waals surface area contributed by atoms with Crippen LogP contribution in [-0.4, -0.2) is 87.5 Å². The highest BCUT2D eigenvalue weighted by atomic mass is 19.4. The number of aliphatic carboxylic acids is 2. The first-order valence-electron chi connectivity index (χ1n) is 17.8. The zero-order chi connectivity index (χ0) is 44.1. The summed E-state index contributed by atoms with van der Waals surface area (Å²) < 4.78 is 103. The van der Waals surface area contributed by atoms with E-state index in [1.165, 1.54) is 26.4 Å². The summed E-state index contributed by atoms with van der Waals surface area (Å²) in [5.74, 6) is -1.84. The van der Waals surface area contributed by atoms with Gasteiger partial charge in [0.25, 0.3) is 0 Å². The Morgan fingerprint density at radius 2 is 0.917 bits per heavy atom. The predicted molar refractivity (Wildman–Crippen MR) is 214 cm³/mol. The van der Waals surface area contributed by atoms with Crippen LogP contribution in [0, 0.1) is 0 Å². The van der Waals surface area contributed by atoms with E-state index in [-0.39, 0.29) is 11.1 Å². The fourth-order valence-corrected chi connectivity index (χ4v) is 6.12. The third kappa shape index (κ3) is 10.7. The van der Waals surface area contributed by atoms with Crippen molar-refractivity contribution in [3.05, 3.63) is 155 Å². The minimum absolute atomic E-state index is 0.00885. The van der Waals surface area contributed by atoms with E-state index in [9.17, 15) is 35.9 Å². The van der Waals surface area contributed by atoms with Crippen LogP contribution in [0.2, 0.25) is 0 Å². The Morgan fingerprint density at radius 3 is 1.20 bits per heavy atom. The van der Waals surface area contributed by atoms with Gasteiger partial charge in [-0.05, 0) is 59.7 Å². The van der Waals surface area contributed by atoms with Crippen LogP contribution in [0.4, 0.5) is 26.3 Å². The Bertz CT molecular complexity index is 2110. The van der Waals surface area contributed by atoms with Crippen LogP contribution in [0.5, 0.6) is 11.5 Å². The number of carboxylic acid groups (broad SMARTS) is 2. The number of hydrogen-bond donors (Lipinski definition) is 2. The number of halogens is 6. The van der Waals surface area contributed by atoms with E-state index in [1.807, 2.05) is 72.8 Å². The van der Waals surface area contributed by atoms with Crippen molar-refractivity contribution in [3.63, 3.8) is 0 Å². The van der Waals surface area contributed by atoms with Crippen molar-refractivity contribution in [2.24, 2.45) is 9.98 Å². The molecule has 0 fully saturated rings. The fraction of sp³-hybridized carbons (Fsp3) is 0.227. The van der Waals surface area contributed by atoms with Crippen molar-refractivity contribution in [3.8, 4) is 11.5 Å². The van der Waals surface area contributed by atoms with Crippen molar-refractivity contribution in [2.45, 2.75) is 23.6 Å². The summed E-state index contributed by atoms with van der Waals surface area (Å²) in [4.78, 5) is 27.5. The van der Waals surface area contributed by atoms with E-state index in [0.29, 0.717) is 46.2 Å². The van der Waals surface area contributed by atoms with Crippen molar-refractivity contribution < 1.29 is 65.1 Å². The van der Waals surface area contributed by atoms with Crippen LogP contribution < -0.4 is 9.47 Å². The van der Waals surface area contributed by atoms with Gasteiger partial charge in [-0.1, -0.05) is 72.8 Å². The Labute approximate surface area is 341 Å². The molecule has 0 radical (unpaired) electrons. The Hall–Kier alpha value is -6.52. The number of carboxylic acids is 2. The second-order valence-electron chi connectivity index (χ2n) is 12.8. The molecule has 60 heavy (non-hydrogen) atoms. The van der Waals surface area contributed by atoms with Crippen molar-refractivity contribution in [1.29, 1.82) is 0 Å². The van der Waals surface area contributed by atoms with E-state index in [4.69, 9.17) is 29.2 Å². The topological polar surface area (TPSA) is 136 Å². The molecule has 16 heteroatoms. The van der Waals surface area contributed by atoms with Gasteiger partial charge in [-0.3, -0.25) is 9.98 Å². The molecule has 0 amide bonds. The Balaban J connectivity index is 0.000000224. The quantitative estimate of drug-likeness (QED) is 0.119. The molecular formula is C44H40F6N2O8. The molecule has 2 N–H and O–H groups in total. The first kappa shape index (κ1) is 46.2. The molecule has 0 aromatic heterocycles. The SMILES string of the molecule is COc1ccc2c(c1)C(OC)(C(F)(F)F)CN=C2C=Cc1ccccc1.COc1ccc2c(c1)C(OC)(C(F)(F)F)CN=C2C=Cc1ccccc1.O=C(O)C=CC(=O)O. The normalized spacial score (nSPS) is 18.6. The van der Waals surface area contributed by atoms with Gasteiger partial charge in [0.15, 0.2) is 0 Å². The molecular weight excluding hydrogens is 798 g/mol. The van der Waals surface area contributed by atoms with E-state index in [1.54, 1.807) is 36.4 Å². The summed E-state index contributed by atoms with van der Waals surface area (Å²) in [6, 6.07) is 28.1. The summed E-state index contributed by atoms with van der Waals surface area (Å²) in [5, 5.41) is 15.6. The van der Waals surface area contributed by atoms with Gasteiger partial charge < -0.3 is 29.2 Å². The number of allylic oxidation sites excluding steroid dienone is 2. The number of hydrogen-bond acceptors (Lipinski definition) is 8. The molecule has 0 spiro atoms. The lowest BCUT2D eigenvalue weighted by Crippen LogP contribution is -2.49. The van der Waals surface area contributed by atoms with Crippen LogP contribution in [0.3, 0.4) is 0 Å². The lowest BCUT2D eigenvalue weighted by molar-refractivity contribution is -0.272. The molecule has 0 saturated heterocycles. The van der Waals surface area contributed by atoms with Crippen molar-refractivity contribution in [1.82, 2.24) is 0 Å². The molecule has 2 aliphatic rings. The molecule has 2 unspecified atom stereocenters. The zero-order valence-electron chi connectivity index (χ0n) is 32.6. The van der Waals surface area contributed by atoms with Gasteiger partial charge >= 0.3 is 24.3 Å². The summed E-state index contributed by atoms with van der Waals surface area (Å²) >= 11 is 0. The smallest absolute Gasteiger partial charge is 0.423 e. The largest absolute Gasteiger partial charge is 0.497 e. The van der Waals surface area contributed by atoms with Gasteiger partial charge in [0.05, 0.1) is 38.7 Å². The number of benzene rings is 4. The van der Waals surface area contributed by atoms with Gasteiger partial charge in [-0.2, -0.15) is 26.3 Å². The number of carbonyl (C=O) groups is 2. The molecule has 2 heterocycles. The van der Waals surface area contributed by atoms with Crippen LogP contribution in [-0.2, 0) is 30.3 Å². The minimum Gasteiger partial charge on any atom is -0.497 e. The molecule has 0 saturated carbocycles. The number of nitrogens with zero attached hydrogens (tertiary/aromatic N) is 2. The lowest BCUT2D eigenvalue weighted by atomic mass is 9.84. The standard InChI is InChI=1S/2C20H18F3NO2.C4H4O4/c2*1-25-15-9-10-16-17(12-15)19(26-2,20(21,22)23)13-24-18(16)11-8-14-6-4-3-5-7-14;5-3(6)1-2-4(7)8/h2*3-12H,13H2,1-2H3;1-2H,(H,5,6)(H,7,8). The van der Waals surface area contributed by atoms with Gasteiger partial charge in [-0.25, -0.2) is 9.59 Å². The summed E-state index contributed by atoms with van der Waals surface area (Å²) in [7, 11) is 4.93. The first-order chi connectivity index (χ1) is 28.4. The van der Waals surface area contributed by atoms with Gasteiger partial charge in [0.1, 0.15) is 11.5 Å². The molecule has 2 atom stereocenters. The lowest BCUT2D eigenvalue weighted by Gasteiger charge is -2.37. The maximum Gasteiger partial charge on any atom is 0.423 e. The summed E-state index contributed by atoms with van der Waals surface area (Å²) in [6.07, 6.45) is -1.03. The molecule has 10 nitrogen and oxygen atoms in total. The Kier molecular flexibility index (Phi) is 15.4. The molecule has 316 valence electrons. The minimum atomic E-state index is -4.61. The number of rotatable bonds is 10. The van der Waals surface area contributed by atoms with Crippen molar-refractivity contribution in [2.75, 3.05) is 41.5 Å². The van der Waals surface area contributed by atoms with Gasteiger partial charge in [0, 0.05) is 48.6 Å². The van der Waals surface area contributed by atoms with E-state index >= 15 is 0 Å². The van der Waals surface area contributed by atoms with Crippen LogP contribution in [0.1, 0.15) is 33.4 Å². The highest BCUT2D eigenvalue weighted by Gasteiger charge is 2.60. The number of ether oxygens (including phenoxy) is 4. The van der Waals surface area contributed by atoms with Crippen LogP contribution in [0.25, 0.3) is 12.2 Å². The van der Waals surface area contributed by atoms with Crippen LogP contribution in [0.15, 0.2) is 131 Å². The third-order valence-corrected chi connectivity index (χ3v) is 9.27. The predicted octanol–water partition coefficient (Wildman–Crippen LogP) is 8.94. The monoisotopic (exact) mass is 838 g/mol. The van der Waals surface area contributed by atoms with Gasteiger partial charge in [-0.15, -0.1) is 0 Å². The molecule has 6 rings (SSSR count). The average molecular weight is 839 g/mol. The third-order valence-electron chi connectivity index (χ3n) is 9.27. The fourth-order valence-electron chi connectivity index (χ4n) is 6.12. The zero-order valence-corrected chi connectivity index (χ0v) is 32.6. The second kappa shape index (κ2) is 20.0. The second-order valence-corrected chi connectivity index (χ2v) is 12.8. The first-order valence-corrected chi connectivity index (χ1v) is 17.8. The number of alkyl halides is 6. The molecule has 4 aromatic carbocycles. The van der Waals surface area contributed by atoms with E-state index in [0.717, 1.165) is 25.3 Å². The molecule has 0 aliphatic carbocycles. The van der Waals surface area contributed by atoms with Gasteiger partial charge in [0.2, 0.25) is 11.2 Å². The maximum absolute atomic E-state index is 13.8. The highest BCUT2D eigenvalue weighted by molar-refractivity contribution is 6.13. The average Bonchev–Trinajstić information content (AvgIpc) is 3.23. The molecule has 2 aliphatic heterocycles. The number of methoxy groups -OCH3 is 4. The van der Waals surface area contributed by atoms with E-state index < -0.39 is 48.6 Å². The highest BCUT2D eigenvalue weighted by Crippen LogP contribution is 2.48. The van der Waals surface area contributed by atoms with Crippen LogP contribution >= 0.6 is 0 Å².